The van der Waals surface area contributed by atoms with Gasteiger partial charge in [-0.3, -0.25) is 0 Å². The summed E-state index contributed by atoms with van der Waals surface area (Å²) in [6, 6.07) is 6.11. The number of rotatable bonds is 1. The fourth-order valence-electron chi connectivity index (χ4n) is 0.647. The molecule has 1 rings (SSSR count). The third-order valence-electron chi connectivity index (χ3n) is 1.19. The first-order valence-electron chi connectivity index (χ1n) is 2.85. The average Bonchev–Trinajstić information content (AvgIpc) is 1.86. The molecule has 1 aromatic carbocycles. The van der Waals surface area contributed by atoms with E-state index in [2.05, 4.69) is 0 Å². The quantitative estimate of drug-likeness (QED) is 0.535. The molecule has 5 heteroatoms. The van der Waals surface area contributed by atoms with Gasteiger partial charge in [0.2, 0.25) is 0 Å². The summed E-state index contributed by atoms with van der Waals surface area (Å²) in [5, 5.41) is 0. The molecule has 0 heterocycles. The van der Waals surface area contributed by atoms with Crippen LogP contribution in [0.1, 0.15) is 0 Å². The SMILES string of the molecule is Nc1ccc([S](=O)(=O)[Ti])cc1. The molecule has 0 aromatic heterocycles. The molecule has 0 spiro atoms. The van der Waals surface area contributed by atoms with E-state index in [1.54, 1.807) is 12.1 Å². The number of nitrogen functional groups attached to an aromatic ring is 1. The van der Waals surface area contributed by atoms with Crippen molar-refractivity contribution in [2.75, 3.05) is 5.73 Å². The third kappa shape index (κ3) is 2.32. The standard InChI is InChI=1S/C6H6NO2S.Ti/c7-5-1-3-6(4-2-5)10(8)9;/h1-4H,7H2;. The predicted molar refractivity (Wildman–Crippen MR) is 38.0 cm³/mol. The first kappa shape index (κ1) is 8.78. The topological polar surface area (TPSA) is 60.2 Å². The van der Waals surface area contributed by atoms with Crippen molar-refractivity contribution in [3.05, 3.63) is 24.3 Å². The summed E-state index contributed by atoms with van der Waals surface area (Å²) >= 11 is 1.17. The third-order valence-corrected chi connectivity index (χ3v) is 3.19. The van der Waals surface area contributed by atoms with E-state index < -0.39 is 7.42 Å². The molecule has 0 amide bonds. The number of nitrogens with two attached hydrogens (primary N) is 1. The van der Waals surface area contributed by atoms with Crippen molar-refractivity contribution in [2.24, 2.45) is 0 Å². The first-order chi connectivity index (χ1) is 5.00. The molecule has 0 aliphatic rings. The molecular formula is C6H6NO2STi. The van der Waals surface area contributed by atoms with E-state index in [0.717, 1.165) is 0 Å². The Morgan fingerprint density at radius 2 is 1.64 bits per heavy atom. The van der Waals surface area contributed by atoms with Crippen LogP contribution in [0.15, 0.2) is 29.2 Å². The molecule has 0 saturated heterocycles. The van der Waals surface area contributed by atoms with Gasteiger partial charge in [0.05, 0.1) is 0 Å². The van der Waals surface area contributed by atoms with Gasteiger partial charge in [-0.05, 0) is 0 Å². The van der Waals surface area contributed by atoms with E-state index in [9.17, 15) is 8.42 Å². The number of anilines is 1. The summed E-state index contributed by atoms with van der Waals surface area (Å²) < 4.78 is 21.8. The molecular weight excluding hydrogens is 198 g/mol. The molecule has 2 N–H and O–H groups in total. The Kier molecular flexibility index (Phi) is 2.37. The molecule has 1 aromatic rings. The Morgan fingerprint density at radius 3 is 2.00 bits per heavy atom. The minimum atomic E-state index is -3.08. The monoisotopic (exact) mass is 204 g/mol. The molecule has 0 unspecified atom stereocenters. The van der Waals surface area contributed by atoms with Crippen molar-refractivity contribution < 1.29 is 27.6 Å². The van der Waals surface area contributed by atoms with Gasteiger partial charge in [-0.25, -0.2) is 0 Å². The van der Waals surface area contributed by atoms with E-state index in [1.165, 1.54) is 31.3 Å². The van der Waals surface area contributed by atoms with Crippen molar-refractivity contribution in [1.29, 1.82) is 0 Å². The van der Waals surface area contributed by atoms with Crippen molar-refractivity contribution >= 4 is 13.1 Å². The summed E-state index contributed by atoms with van der Waals surface area (Å²) in [5.74, 6) is 0. The van der Waals surface area contributed by atoms with Crippen LogP contribution in [-0.4, -0.2) is 8.42 Å². The van der Waals surface area contributed by atoms with Crippen LogP contribution in [0, 0.1) is 0 Å². The predicted octanol–water partition coefficient (Wildman–Crippen LogP) is 0.504. The molecule has 0 atom stereocenters. The van der Waals surface area contributed by atoms with Crippen molar-refractivity contribution in [3.8, 4) is 0 Å². The fraction of sp³-hybridized carbons (Fsp3) is 0. The van der Waals surface area contributed by atoms with E-state index in [0.29, 0.717) is 10.6 Å². The second-order valence-corrected chi connectivity index (χ2v) is 6.07. The van der Waals surface area contributed by atoms with Crippen LogP contribution in [0.2, 0.25) is 0 Å². The zero-order valence-electron chi connectivity index (χ0n) is 5.61. The maximum absolute atomic E-state index is 10.9. The Labute approximate surface area is 75.6 Å². The molecule has 0 saturated carbocycles. The van der Waals surface area contributed by atoms with Gasteiger partial charge >= 0.3 is 75.6 Å². The van der Waals surface area contributed by atoms with Crippen LogP contribution in [0.3, 0.4) is 0 Å². The summed E-state index contributed by atoms with van der Waals surface area (Å²) in [7, 11) is -3.08. The maximum atomic E-state index is 10.9. The number of hydrogen-bond donors (Lipinski definition) is 1. The van der Waals surface area contributed by atoms with Gasteiger partial charge in [0.15, 0.2) is 0 Å². The average molecular weight is 204 g/mol. The minimum absolute atomic E-state index is 0.298. The van der Waals surface area contributed by atoms with Gasteiger partial charge in [-0.2, -0.15) is 0 Å². The summed E-state index contributed by atoms with van der Waals surface area (Å²) in [5.41, 5.74) is 5.94. The fourth-order valence-corrected chi connectivity index (χ4v) is 1.78. The summed E-state index contributed by atoms with van der Waals surface area (Å²) in [6.07, 6.45) is 0. The van der Waals surface area contributed by atoms with Crippen LogP contribution in [0.4, 0.5) is 5.69 Å². The number of hydrogen-bond acceptors (Lipinski definition) is 3. The molecule has 0 bridgehead atoms. The van der Waals surface area contributed by atoms with Crippen molar-refractivity contribution in [2.45, 2.75) is 4.90 Å². The zero-order chi connectivity index (χ0) is 8.48. The van der Waals surface area contributed by atoms with Gasteiger partial charge in [0.1, 0.15) is 0 Å². The molecule has 3 nitrogen and oxygen atoms in total. The zero-order valence-corrected chi connectivity index (χ0v) is 7.99. The molecule has 11 heavy (non-hydrogen) atoms. The van der Waals surface area contributed by atoms with Crippen LogP contribution < -0.4 is 5.73 Å². The van der Waals surface area contributed by atoms with E-state index in [1.807, 2.05) is 0 Å². The van der Waals surface area contributed by atoms with Crippen LogP contribution in [0.5, 0.6) is 0 Å². The summed E-state index contributed by atoms with van der Waals surface area (Å²) in [6.45, 7) is 0. The molecule has 0 radical (unpaired) electrons. The van der Waals surface area contributed by atoms with Crippen LogP contribution in [0.25, 0.3) is 0 Å². The van der Waals surface area contributed by atoms with Crippen LogP contribution in [-0.2, 0) is 26.6 Å². The van der Waals surface area contributed by atoms with Crippen LogP contribution >= 0.6 is 0 Å². The Hall–Kier alpha value is -0.316. The summed E-state index contributed by atoms with van der Waals surface area (Å²) in [4.78, 5) is 0.298. The number of benzene rings is 1. The Morgan fingerprint density at radius 1 is 1.18 bits per heavy atom. The second kappa shape index (κ2) is 2.97. The van der Waals surface area contributed by atoms with Gasteiger partial charge in [0.25, 0.3) is 0 Å². The van der Waals surface area contributed by atoms with Gasteiger partial charge in [-0.1, -0.05) is 0 Å². The molecule has 0 aliphatic carbocycles. The van der Waals surface area contributed by atoms with Crippen molar-refractivity contribution in [1.82, 2.24) is 0 Å². The first-order valence-corrected chi connectivity index (χ1v) is 6.25. The normalized spacial score (nSPS) is 11.2. The van der Waals surface area contributed by atoms with Crippen molar-refractivity contribution in [3.63, 3.8) is 0 Å². The molecule has 0 fully saturated rings. The van der Waals surface area contributed by atoms with E-state index in [-0.39, 0.29) is 0 Å². The second-order valence-electron chi connectivity index (χ2n) is 2.07. The van der Waals surface area contributed by atoms with Gasteiger partial charge < -0.3 is 0 Å². The van der Waals surface area contributed by atoms with E-state index >= 15 is 0 Å². The Bertz CT molecular complexity index is 343. The molecule has 0 aliphatic heterocycles. The van der Waals surface area contributed by atoms with Gasteiger partial charge in [0, 0.05) is 0 Å². The van der Waals surface area contributed by atoms with E-state index in [4.69, 9.17) is 5.73 Å². The Balaban J connectivity index is 3.20. The van der Waals surface area contributed by atoms with Gasteiger partial charge in [-0.15, -0.1) is 0 Å². The molecule has 57 valence electrons.